The zero-order valence-electron chi connectivity index (χ0n) is 9.31. The highest BCUT2D eigenvalue weighted by molar-refractivity contribution is 14.1. The van der Waals surface area contributed by atoms with Crippen LogP contribution in [0.25, 0.3) is 0 Å². The number of alkyl halides is 1. The van der Waals surface area contributed by atoms with E-state index in [0.717, 1.165) is 22.8 Å². The fraction of sp³-hybridized carbons (Fsp3) is 0.538. The summed E-state index contributed by atoms with van der Waals surface area (Å²) in [4.78, 5) is 0. The van der Waals surface area contributed by atoms with Gasteiger partial charge in [0.05, 0.1) is 12.2 Å². The molecule has 2 heterocycles. The molecule has 2 fully saturated rings. The summed E-state index contributed by atoms with van der Waals surface area (Å²) in [5.74, 6) is 0.304. The zero-order valence-corrected chi connectivity index (χ0v) is 11.5. The molecule has 2 nitrogen and oxygen atoms in total. The summed E-state index contributed by atoms with van der Waals surface area (Å²) in [6.45, 7) is 0. The lowest BCUT2D eigenvalue weighted by molar-refractivity contribution is -0.135. The molecule has 4 atom stereocenters. The van der Waals surface area contributed by atoms with Crippen LogP contribution in [0.2, 0.25) is 0 Å². The monoisotopic (exact) mass is 348 g/mol. The van der Waals surface area contributed by atoms with Crippen LogP contribution in [0.1, 0.15) is 24.5 Å². The molecule has 17 heavy (non-hydrogen) atoms. The molecule has 92 valence electrons. The lowest BCUT2D eigenvalue weighted by Gasteiger charge is -2.15. The Kier molecular flexibility index (Phi) is 3.36. The van der Waals surface area contributed by atoms with E-state index in [1.165, 1.54) is 12.1 Å². The van der Waals surface area contributed by atoms with Gasteiger partial charge in [0.25, 0.3) is 0 Å². The summed E-state index contributed by atoms with van der Waals surface area (Å²) in [6, 6.07) is 6.58. The summed E-state index contributed by atoms with van der Waals surface area (Å²) < 4.78 is 25.6. The predicted molar refractivity (Wildman–Crippen MR) is 70.5 cm³/mol. The quantitative estimate of drug-likeness (QED) is 0.602. The highest BCUT2D eigenvalue weighted by atomic mass is 127. The first kappa shape index (κ1) is 11.9. The molecule has 0 saturated carbocycles. The molecular weight excluding hydrogens is 334 g/mol. The van der Waals surface area contributed by atoms with Gasteiger partial charge in [-0.05, 0) is 30.5 Å². The summed E-state index contributed by atoms with van der Waals surface area (Å²) in [5.41, 5.74) is 1.05. The third-order valence-corrected chi connectivity index (χ3v) is 4.49. The maximum atomic E-state index is 12.8. The third-order valence-electron chi connectivity index (χ3n) is 3.51. The largest absolute Gasteiger partial charge is 0.348 e. The number of hydrogen-bond acceptors (Lipinski definition) is 2. The number of ether oxygens (including phenoxy) is 2. The minimum atomic E-state index is -0.201. The Morgan fingerprint density at radius 1 is 1.18 bits per heavy atom. The van der Waals surface area contributed by atoms with Gasteiger partial charge in [0.1, 0.15) is 5.82 Å². The molecule has 0 N–H and O–H groups in total. The van der Waals surface area contributed by atoms with Crippen LogP contribution < -0.4 is 0 Å². The van der Waals surface area contributed by atoms with Crippen LogP contribution in [0.15, 0.2) is 24.3 Å². The second kappa shape index (κ2) is 4.82. The first-order valence-electron chi connectivity index (χ1n) is 5.88. The molecule has 3 unspecified atom stereocenters. The van der Waals surface area contributed by atoms with E-state index in [1.807, 2.05) is 0 Å². The van der Waals surface area contributed by atoms with Gasteiger partial charge in [-0.3, -0.25) is 0 Å². The molecule has 1 aromatic carbocycles. The van der Waals surface area contributed by atoms with Gasteiger partial charge in [-0.25, -0.2) is 4.39 Å². The van der Waals surface area contributed by atoms with Crippen molar-refractivity contribution in [1.29, 1.82) is 0 Å². The molecule has 0 aliphatic carbocycles. The summed E-state index contributed by atoms with van der Waals surface area (Å²) in [6.07, 6.45) is 2.44. The van der Waals surface area contributed by atoms with Gasteiger partial charge in [0.15, 0.2) is 6.29 Å². The van der Waals surface area contributed by atoms with Crippen LogP contribution >= 0.6 is 22.6 Å². The van der Waals surface area contributed by atoms with Crippen molar-refractivity contribution in [2.24, 2.45) is 5.92 Å². The molecule has 0 spiro atoms. The number of fused-ring (bicyclic) bond motifs is 1. The fourth-order valence-electron chi connectivity index (χ4n) is 2.64. The minimum absolute atomic E-state index is 0.0511. The fourth-order valence-corrected chi connectivity index (χ4v) is 3.21. The van der Waals surface area contributed by atoms with Crippen molar-refractivity contribution in [2.45, 2.75) is 31.3 Å². The summed E-state index contributed by atoms with van der Waals surface area (Å²) >= 11 is 2.35. The van der Waals surface area contributed by atoms with E-state index in [1.54, 1.807) is 12.1 Å². The van der Waals surface area contributed by atoms with Crippen molar-refractivity contribution >= 4 is 22.6 Å². The van der Waals surface area contributed by atoms with Crippen molar-refractivity contribution < 1.29 is 13.9 Å². The predicted octanol–water partition coefficient (Wildman–Crippen LogP) is 3.45. The van der Waals surface area contributed by atoms with Gasteiger partial charge in [-0.2, -0.15) is 0 Å². The first-order chi connectivity index (χ1) is 8.26. The Morgan fingerprint density at radius 3 is 2.59 bits per heavy atom. The SMILES string of the molecule is Fc1ccc(C2CC3CC(CI)O[C@H]3O2)cc1. The number of benzene rings is 1. The van der Waals surface area contributed by atoms with E-state index >= 15 is 0 Å². The van der Waals surface area contributed by atoms with Gasteiger partial charge in [-0.1, -0.05) is 34.7 Å². The number of rotatable bonds is 2. The van der Waals surface area contributed by atoms with E-state index in [4.69, 9.17) is 9.47 Å². The van der Waals surface area contributed by atoms with E-state index < -0.39 is 0 Å². The average Bonchev–Trinajstić information content (AvgIpc) is 2.87. The van der Waals surface area contributed by atoms with E-state index in [0.29, 0.717) is 12.0 Å². The maximum Gasteiger partial charge on any atom is 0.161 e. The minimum Gasteiger partial charge on any atom is -0.348 e. The standard InChI is InChI=1S/C13H14FIO2/c14-10-3-1-8(2-4-10)12-6-9-5-11(7-15)16-13(9)17-12/h1-4,9,11-13H,5-7H2/t9?,11?,12?,13-/m0/s1. The molecule has 1 aromatic rings. The van der Waals surface area contributed by atoms with Crippen LogP contribution in [0.4, 0.5) is 4.39 Å². The molecule has 0 aromatic heterocycles. The highest BCUT2D eigenvalue weighted by Crippen LogP contribution is 2.44. The van der Waals surface area contributed by atoms with Crippen molar-refractivity contribution in [2.75, 3.05) is 4.43 Å². The smallest absolute Gasteiger partial charge is 0.161 e. The van der Waals surface area contributed by atoms with Crippen molar-refractivity contribution in [3.05, 3.63) is 35.6 Å². The van der Waals surface area contributed by atoms with Crippen molar-refractivity contribution in [1.82, 2.24) is 0 Å². The molecule has 4 heteroatoms. The molecule has 2 saturated heterocycles. The van der Waals surface area contributed by atoms with Gasteiger partial charge in [-0.15, -0.1) is 0 Å². The van der Waals surface area contributed by atoms with Crippen molar-refractivity contribution in [3.8, 4) is 0 Å². The van der Waals surface area contributed by atoms with Crippen LogP contribution in [0.5, 0.6) is 0 Å². The number of halogens is 2. The van der Waals surface area contributed by atoms with Crippen molar-refractivity contribution in [3.63, 3.8) is 0 Å². The lowest BCUT2D eigenvalue weighted by atomic mass is 9.97. The first-order valence-corrected chi connectivity index (χ1v) is 7.41. The molecule has 0 bridgehead atoms. The number of hydrogen-bond donors (Lipinski definition) is 0. The molecule has 2 aliphatic rings. The summed E-state index contributed by atoms with van der Waals surface area (Å²) in [5, 5.41) is 0. The second-order valence-corrected chi connectivity index (χ2v) is 5.57. The van der Waals surface area contributed by atoms with Crippen LogP contribution in [-0.4, -0.2) is 16.8 Å². The lowest BCUT2D eigenvalue weighted by Crippen LogP contribution is -2.14. The Bertz CT molecular complexity index is 381. The highest BCUT2D eigenvalue weighted by Gasteiger charge is 2.43. The topological polar surface area (TPSA) is 18.5 Å². The van der Waals surface area contributed by atoms with Gasteiger partial charge in [0.2, 0.25) is 0 Å². The average molecular weight is 348 g/mol. The Labute approximate surface area is 114 Å². The molecule has 0 amide bonds. The molecular formula is C13H14FIO2. The Morgan fingerprint density at radius 2 is 1.94 bits per heavy atom. The van der Waals surface area contributed by atoms with E-state index in [9.17, 15) is 4.39 Å². The molecule has 2 aliphatic heterocycles. The van der Waals surface area contributed by atoms with Gasteiger partial charge < -0.3 is 9.47 Å². The molecule has 0 radical (unpaired) electrons. The second-order valence-electron chi connectivity index (χ2n) is 4.69. The van der Waals surface area contributed by atoms with Crippen LogP contribution in [-0.2, 0) is 9.47 Å². The Hall–Kier alpha value is -0.200. The van der Waals surface area contributed by atoms with Crippen LogP contribution in [0.3, 0.4) is 0 Å². The molecule has 3 rings (SSSR count). The van der Waals surface area contributed by atoms with E-state index in [2.05, 4.69) is 22.6 Å². The summed E-state index contributed by atoms with van der Waals surface area (Å²) in [7, 11) is 0. The van der Waals surface area contributed by atoms with Gasteiger partial charge in [0, 0.05) is 10.3 Å². The maximum absolute atomic E-state index is 12.8. The van der Waals surface area contributed by atoms with Crippen LogP contribution in [0, 0.1) is 11.7 Å². The zero-order chi connectivity index (χ0) is 11.8. The normalized spacial score (nSPS) is 36.1. The van der Waals surface area contributed by atoms with E-state index in [-0.39, 0.29) is 18.2 Å². The Balaban J connectivity index is 1.68. The van der Waals surface area contributed by atoms with Gasteiger partial charge >= 0.3 is 0 Å². The third kappa shape index (κ3) is 2.35.